The Morgan fingerprint density at radius 3 is 2.58 bits per heavy atom. The van der Waals surface area contributed by atoms with Crippen molar-refractivity contribution in [2.45, 2.75) is 52.4 Å². The molecule has 1 saturated heterocycles. The van der Waals surface area contributed by atoms with Crippen LogP contribution in [0, 0.1) is 11.8 Å². The van der Waals surface area contributed by atoms with Gasteiger partial charge in [-0.15, -0.1) is 0 Å². The van der Waals surface area contributed by atoms with Gasteiger partial charge in [-0.25, -0.2) is 0 Å². The molecule has 19 heavy (non-hydrogen) atoms. The Labute approximate surface area is 116 Å². The zero-order chi connectivity index (χ0) is 14.0. The van der Waals surface area contributed by atoms with Crippen LogP contribution in [0.15, 0.2) is 12.3 Å². The third-order valence-corrected chi connectivity index (χ3v) is 4.50. The fourth-order valence-electron chi connectivity index (χ4n) is 3.30. The average Bonchev–Trinajstić information content (AvgIpc) is 2.88. The highest BCUT2D eigenvalue weighted by Crippen LogP contribution is 2.40. The zero-order valence-electron chi connectivity index (χ0n) is 12.8. The molecule has 1 N–H and O–H groups in total. The standard InChI is InChI=1S/C15H27N3O/c1-6-8-16-15(13-7-9-17-18(13)5)14-10(2)11(3)19-12(14)4/h7,9-12,14-16H,6,8H2,1-5H3. The molecule has 1 aromatic rings. The van der Waals surface area contributed by atoms with Crippen LogP contribution in [0.5, 0.6) is 0 Å². The minimum atomic E-state index is 0.286. The van der Waals surface area contributed by atoms with E-state index in [1.54, 1.807) is 0 Å². The molecule has 108 valence electrons. The highest BCUT2D eigenvalue weighted by molar-refractivity contribution is 5.11. The summed E-state index contributed by atoms with van der Waals surface area (Å²) in [7, 11) is 2.02. The van der Waals surface area contributed by atoms with Crippen molar-refractivity contribution in [1.29, 1.82) is 0 Å². The van der Waals surface area contributed by atoms with Gasteiger partial charge in [0, 0.05) is 19.2 Å². The number of aryl methyl sites for hydroxylation is 1. The lowest BCUT2D eigenvalue weighted by Gasteiger charge is -2.30. The molecule has 4 heteroatoms. The number of aromatic nitrogens is 2. The SMILES string of the molecule is CCCNC(c1ccnn1C)C1C(C)OC(C)C1C. The first-order chi connectivity index (χ1) is 9.06. The first-order valence-electron chi connectivity index (χ1n) is 7.43. The number of nitrogens with zero attached hydrogens (tertiary/aromatic N) is 2. The van der Waals surface area contributed by atoms with E-state index < -0.39 is 0 Å². The van der Waals surface area contributed by atoms with E-state index in [4.69, 9.17) is 4.74 Å². The van der Waals surface area contributed by atoms with E-state index in [1.807, 2.05) is 17.9 Å². The summed E-state index contributed by atoms with van der Waals surface area (Å²) in [5, 5.41) is 8.02. The van der Waals surface area contributed by atoms with Gasteiger partial charge in [0.25, 0.3) is 0 Å². The number of hydrogen-bond donors (Lipinski definition) is 1. The van der Waals surface area contributed by atoms with Crippen LogP contribution < -0.4 is 5.32 Å². The molecule has 0 aliphatic carbocycles. The van der Waals surface area contributed by atoms with Gasteiger partial charge in [-0.2, -0.15) is 5.10 Å². The third kappa shape index (κ3) is 2.84. The Kier molecular flexibility index (Phi) is 4.63. The Hall–Kier alpha value is -0.870. The molecular formula is C15H27N3O. The summed E-state index contributed by atoms with van der Waals surface area (Å²) in [6, 6.07) is 2.44. The smallest absolute Gasteiger partial charge is 0.0601 e. The van der Waals surface area contributed by atoms with Gasteiger partial charge in [0.05, 0.1) is 23.9 Å². The van der Waals surface area contributed by atoms with Gasteiger partial charge in [-0.1, -0.05) is 13.8 Å². The van der Waals surface area contributed by atoms with Gasteiger partial charge in [0.1, 0.15) is 0 Å². The van der Waals surface area contributed by atoms with E-state index in [1.165, 1.54) is 5.69 Å². The van der Waals surface area contributed by atoms with Crippen molar-refractivity contribution in [3.63, 3.8) is 0 Å². The van der Waals surface area contributed by atoms with Crippen molar-refractivity contribution < 1.29 is 4.74 Å². The topological polar surface area (TPSA) is 39.1 Å². The maximum absolute atomic E-state index is 6.02. The molecule has 2 rings (SSSR count). The fraction of sp³-hybridized carbons (Fsp3) is 0.800. The first kappa shape index (κ1) is 14.5. The summed E-state index contributed by atoms with van der Waals surface area (Å²) in [4.78, 5) is 0. The monoisotopic (exact) mass is 265 g/mol. The number of hydrogen-bond acceptors (Lipinski definition) is 3. The second kappa shape index (κ2) is 6.06. The summed E-state index contributed by atoms with van der Waals surface area (Å²) in [5.74, 6) is 1.05. The molecule has 1 fully saturated rings. The second-order valence-corrected chi connectivity index (χ2v) is 5.79. The van der Waals surface area contributed by atoms with Gasteiger partial charge >= 0.3 is 0 Å². The molecule has 5 atom stereocenters. The molecule has 2 heterocycles. The molecule has 0 spiro atoms. The van der Waals surface area contributed by atoms with Crippen LogP contribution in [0.3, 0.4) is 0 Å². The zero-order valence-corrected chi connectivity index (χ0v) is 12.8. The normalized spacial score (nSPS) is 32.7. The van der Waals surface area contributed by atoms with Crippen molar-refractivity contribution in [3.05, 3.63) is 18.0 Å². The van der Waals surface area contributed by atoms with E-state index in [2.05, 4.69) is 44.2 Å². The van der Waals surface area contributed by atoms with E-state index in [0.717, 1.165) is 13.0 Å². The summed E-state index contributed by atoms with van der Waals surface area (Å²) < 4.78 is 8.00. The highest BCUT2D eigenvalue weighted by Gasteiger charge is 2.42. The first-order valence-corrected chi connectivity index (χ1v) is 7.43. The Morgan fingerprint density at radius 1 is 1.37 bits per heavy atom. The average molecular weight is 265 g/mol. The molecule has 0 radical (unpaired) electrons. The van der Waals surface area contributed by atoms with E-state index in [0.29, 0.717) is 24.0 Å². The number of rotatable bonds is 5. The Morgan fingerprint density at radius 2 is 2.11 bits per heavy atom. The van der Waals surface area contributed by atoms with Crippen molar-refractivity contribution in [3.8, 4) is 0 Å². The molecular weight excluding hydrogens is 238 g/mol. The van der Waals surface area contributed by atoms with Crippen molar-refractivity contribution in [1.82, 2.24) is 15.1 Å². The molecule has 0 amide bonds. The molecule has 4 nitrogen and oxygen atoms in total. The molecule has 5 unspecified atom stereocenters. The maximum atomic E-state index is 6.02. The lowest BCUT2D eigenvalue weighted by atomic mass is 9.82. The van der Waals surface area contributed by atoms with E-state index in [-0.39, 0.29) is 6.10 Å². The van der Waals surface area contributed by atoms with Crippen molar-refractivity contribution in [2.24, 2.45) is 18.9 Å². The number of ether oxygens (including phenoxy) is 1. The Balaban J connectivity index is 2.25. The van der Waals surface area contributed by atoms with E-state index >= 15 is 0 Å². The third-order valence-electron chi connectivity index (χ3n) is 4.50. The maximum Gasteiger partial charge on any atom is 0.0601 e. The van der Waals surface area contributed by atoms with Gasteiger partial charge in [-0.3, -0.25) is 4.68 Å². The minimum absolute atomic E-state index is 0.286. The van der Waals surface area contributed by atoms with Crippen molar-refractivity contribution in [2.75, 3.05) is 6.54 Å². The number of nitrogens with one attached hydrogen (secondary N) is 1. The fourth-order valence-corrected chi connectivity index (χ4v) is 3.30. The highest BCUT2D eigenvalue weighted by atomic mass is 16.5. The molecule has 1 aliphatic heterocycles. The predicted octanol–water partition coefficient (Wildman–Crippen LogP) is 2.52. The van der Waals surface area contributed by atoms with Crippen LogP contribution >= 0.6 is 0 Å². The molecule has 0 bridgehead atoms. The Bertz CT molecular complexity index is 404. The van der Waals surface area contributed by atoms with Gasteiger partial charge in [0.15, 0.2) is 0 Å². The molecule has 0 aromatic carbocycles. The van der Waals surface area contributed by atoms with Crippen LogP contribution in [0.1, 0.15) is 45.9 Å². The summed E-state index contributed by atoms with van der Waals surface area (Å²) in [5.41, 5.74) is 1.26. The summed E-state index contributed by atoms with van der Waals surface area (Å²) in [6.45, 7) is 9.91. The summed E-state index contributed by atoms with van der Waals surface area (Å²) in [6.07, 6.45) is 3.64. The van der Waals surface area contributed by atoms with Gasteiger partial charge in [-0.05, 0) is 38.8 Å². The van der Waals surface area contributed by atoms with Crippen LogP contribution in [0.2, 0.25) is 0 Å². The van der Waals surface area contributed by atoms with E-state index in [9.17, 15) is 0 Å². The van der Waals surface area contributed by atoms with Crippen molar-refractivity contribution >= 4 is 0 Å². The van der Waals surface area contributed by atoms with Crippen LogP contribution in [-0.2, 0) is 11.8 Å². The minimum Gasteiger partial charge on any atom is -0.375 e. The lowest BCUT2D eigenvalue weighted by molar-refractivity contribution is 0.0472. The van der Waals surface area contributed by atoms with Gasteiger partial charge in [0.2, 0.25) is 0 Å². The lowest BCUT2D eigenvalue weighted by Crippen LogP contribution is -2.36. The molecule has 1 aromatic heterocycles. The molecule has 1 aliphatic rings. The predicted molar refractivity (Wildman–Crippen MR) is 76.9 cm³/mol. The van der Waals surface area contributed by atoms with Crippen LogP contribution in [0.25, 0.3) is 0 Å². The molecule has 0 saturated carbocycles. The second-order valence-electron chi connectivity index (χ2n) is 5.79. The quantitative estimate of drug-likeness (QED) is 0.889. The van der Waals surface area contributed by atoms with Crippen LogP contribution in [-0.4, -0.2) is 28.5 Å². The largest absolute Gasteiger partial charge is 0.375 e. The van der Waals surface area contributed by atoms with Gasteiger partial charge < -0.3 is 10.1 Å². The summed E-state index contributed by atoms with van der Waals surface area (Å²) >= 11 is 0. The van der Waals surface area contributed by atoms with Crippen LogP contribution in [0.4, 0.5) is 0 Å².